The van der Waals surface area contributed by atoms with Crippen molar-refractivity contribution < 1.29 is 0 Å². The average Bonchev–Trinajstić information content (AvgIpc) is 1.63. The minimum Gasteiger partial charge on any atom is -0.254 e. The van der Waals surface area contributed by atoms with Gasteiger partial charge >= 0.3 is 0 Å². The molecule has 3 aromatic carbocycles. The number of nitrogens with zero attached hydrogens (tertiary/aromatic N) is 33. The highest BCUT2D eigenvalue weighted by Crippen LogP contribution is 2.40. The van der Waals surface area contributed by atoms with Crippen LogP contribution in [-0.2, 0) is 0 Å². The third-order valence-corrected chi connectivity index (χ3v) is 24.8. The first-order chi connectivity index (χ1) is 68.5. The highest BCUT2D eigenvalue weighted by Gasteiger charge is 2.29. The number of hydrogen-bond acceptors (Lipinski definition) is 27. The summed E-state index contributed by atoms with van der Waals surface area (Å²) in [5.41, 5.74) is 15.1. The van der Waals surface area contributed by atoms with E-state index in [9.17, 15) is 0 Å². The molecule has 33 nitrogen and oxygen atoms in total. The Kier molecular flexibility index (Phi) is 17.0. The summed E-state index contributed by atoms with van der Waals surface area (Å²) in [5.74, 6) is 3.39. The Morgan fingerprint density at radius 2 is 0.391 bits per heavy atom. The van der Waals surface area contributed by atoms with E-state index >= 15 is 0 Å². The Hall–Kier alpha value is -20.2. The van der Waals surface area contributed by atoms with Crippen molar-refractivity contribution in [3.8, 4) is 70.0 Å². The molecule has 0 N–H and O–H groups in total. The SMILES string of the molecule is c1cnc2c(c1)ccc1c(-c3nc(-n4c5ncccc5c5cccnc54)nc(-n4c5ncccc5c5cccnc54)n3)ccnc12.c1cnc2c(c1)ccc1cc(-c3nc(-n4c5ncccc5c5cccnc54)nc(-n4c5ncccc5c5cccnc54)n3)cnc12.c1cnc2c(c1)ccc1ccc(-c3nc(-n4c5ncccc5c5cccnc54)nc(-n4c5ncccc5c5cccnc54)n3)nc12. The van der Waals surface area contributed by atoms with Gasteiger partial charge in [0.05, 0.1) is 33.1 Å². The van der Waals surface area contributed by atoms with E-state index in [0.717, 1.165) is 141 Å². The van der Waals surface area contributed by atoms with Gasteiger partial charge in [0.2, 0.25) is 35.7 Å². The zero-order valence-corrected chi connectivity index (χ0v) is 71.7. The molecular weight excluding hydrogens is 1720 g/mol. The second-order valence-corrected chi connectivity index (χ2v) is 32.5. The van der Waals surface area contributed by atoms with Gasteiger partial charge in [-0.25, -0.2) is 92.2 Å². The lowest BCUT2D eigenvalue weighted by atomic mass is 10.1. The topological polar surface area (TPSA) is 378 Å². The van der Waals surface area contributed by atoms with Crippen molar-refractivity contribution in [2.75, 3.05) is 0 Å². The zero-order valence-electron chi connectivity index (χ0n) is 71.7. The third kappa shape index (κ3) is 12.0. The Bertz CT molecular complexity index is 9610. The van der Waals surface area contributed by atoms with E-state index in [-0.39, 0.29) is 0 Å². The zero-order chi connectivity index (χ0) is 90.6. The van der Waals surface area contributed by atoms with E-state index < -0.39 is 0 Å². The average molecular weight is 1780 g/mol. The highest BCUT2D eigenvalue weighted by atomic mass is 15.3. The Balaban J connectivity index is 0.000000102. The first kappa shape index (κ1) is 76.6. The maximum Gasteiger partial charge on any atom is 0.242 e. The van der Waals surface area contributed by atoms with Crippen molar-refractivity contribution in [2.45, 2.75) is 0 Å². The second kappa shape index (κ2) is 30.7. The third-order valence-electron chi connectivity index (χ3n) is 24.8. The quantitative estimate of drug-likeness (QED) is 0.121. The summed E-state index contributed by atoms with van der Waals surface area (Å²) >= 11 is 0. The summed E-state index contributed by atoms with van der Waals surface area (Å²) in [4.78, 5) is 131. The predicted octanol–water partition coefficient (Wildman–Crippen LogP) is 19.2. The first-order valence-corrected chi connectivity index (χ1v) is 43.9. The maximum atomic E-state index is 5.10. The first-order valence-electron chi connectivity index (χ1n) is 43.9. The number of benzene rings is 3. The van der Waals surface area contributed by atoms with Gasteiger partial charge in [-0.2, -0.15) is 44.9 Å². The van der Waals surface area contributed by atoms with Crippen LogP contribution in [0.1, 0.15) is 0 Å². The molecule has 30 rings (SSSR count). The molecule has 30 aromatic rings. The predicted molar refractivity (Wildman–Crippen MR) is 527 cm³/mol. The molecule has 27 heterocycles. The molecule has 0 amide bonds. The molecule has 0 bridgehead atoms. The Morgan fingerprint density at radius 3 is 0.717 bits per heavy atom. The lowest BCUT2D eigenvalue weighted by Gasteiger charge is -2.12. The molecule has 642 valence electrons. The summed E-state index contributed by atoms with van der Waals surface area (Å²) in [6.07, 6.45) is 30.0. The van der Waals surface area contributed by atoms with Gasteiger partial charge in [0.1, 0.15) is 73.5 Å². The van der Waals surface area contributed by atoms with Crippen molar-refractivity contribution in [2.24, 2.45) is 0 Å². The smallest absolute Gasteiger partial charge is 0.242 e. The summed E-state index contributed by atoms with van der Waals surface area (Å²) in [6, 6.07) is 79.3. The van der Waals surface area contributed by atoms with E-state index in [4.69, 9.17) is 120 Å². The van der Waals surface area contributed by atoms with Crippen LogP contribution >= 0.6 is 0 Å². The minimum atomic E-state index is 0.345. The normalized spacial score (nSPS) is 11.9. The molecule has 0 spiro atoms. The van der Waals surface area contributed by atoms with Crippen LogP contribution in [0.25, 0.3) is 268 Å². The standard InChI is InChI=1S/3C35H19N11/c1-6-20-11-12-21-13-14-26(41-28(21)27(20)36-15-1)29-42-34(45-30-22(7-2-16-37-30)23-8-3-17-38-31(23)45)44-35(43-29)46-32-24(9-4-18-39-32)25-10-5-19-40-33(25)46;1-6-20-11-12-21-22(13-19-37-28(21)27(20)36-14-1)29-42-34(45-30-23(7-2-15-38-30)24-8-3-16-39-31(24)45)44-35(43-29)46-32-25(9-4-17-40-32)26-10-5-18-41-33(26)46;1-6-20-11-12-21-18-22(19-41-28(21)27(20)36-13-1)29-42-34(45-30-23(7-2-14-37-30)24-8-3-15-38-31(24)45)44-35(43-29)46-32-25(9-4-16-39-32)26-10-5-17-40-33(26)46/h3*1-19H. The molecule has 0 fully saturated rings. The summed E-state index contributed by atoms with van der Waals surface area (Å²) in [6.45, 7) is 0. The van der Waals surface area contributed by atoms with E-state index in [2.05, 4.69) is 21.0 Å². The molecule has 0 saturated heterocycles. The molecule has 0 aliphatic heterocycles. The number of rotatable bonds is 9. The molecular formula is C105H57N33. The monoisotopic (exact) mass is 1780 g/mol. The van der Waals surface area contributed by atoms with Crippen LogP contribution in [0.15, 0.2) is 348 Å². The lowest BCUT2D eigenvalue weighted by molar-refractivity contribution is 0.872. The van der Waals surface area contributed by atoms with Gasteiger partial charge in [0.15, 0.2) is 17.5 Å². The molecule has 0 atom stereocenters. The van der Waals surface area contributed by atoms with E-state index in [1.165, 1.54) is 0 Å². The van der Waals surface area contributed by atoms with Gasteiger partial charge < -0.3 is 0 Å². The van der Waals surface area contributed by atoms with Gasteiger partial charge in [-0.15, -0.1) is 0 Å². The van der Waals surface area contributed by atoms with E-state index in [0.29, 0.717) is 127 Å². The second-order valence-electron chi connectivity index (χ2n) is 32.5. The van der Waals surface area contributed by atoms with Crippen LogP contribution in [0.3, 0.4) is 0 Å². The van der Waals surface area contributed by atoms with Crippen LogP contribution in [0.4, 0.5) is 0 Å². The van der Waals surface area contributed by atoms with Gasteiger partial charge in [0, 0.05) is 213 Å². The fourth-order valence-corrected chi connectivity index (χ4v) is 18.8. The molecule has 0 aliphatic carbocycles. The van der Waals surface area contributed by atoms with Crippen LogP contribution in [-0.4, -0.2) is 162 Å². The summed E-state index contributed by atoms with van der Waals surface area (Å²) in [7, 11) is 0. The summed E-state index contributed by atoms with van der Waals surface area (Å²) in [5, 5.41) is 17.1. The van der Waals surface area contributed by atoms with Crippen molar-refractivity contribution in [3.63, 3.8) is 0 Å². The number of aromatic nitrogens is 33. The molecule has 33 heteroatoms. The van der Waals surface area contributed by atoms with Gasteiger partial charge in [-0.1, -0.05) is 60.7 Å². The lowest BCUT2D eigenvalue weighted by Crippen LogP contribution is -2.11. The van der Waals surface area contributed by atoms with Crippen molar-refractivity contribution in [1.29, 1.82) is 0 Å². The van der Waals surface area contributed by atoms with Gasteiger partial charge in [-0.3, -0.25) is 24.9 Å². The molecule has 27 aromatic heterocycles. The molecule has 0 unspecified atom stereocenters. The van der Waals surface area contributed by atoms with Crippen LogP contribution in [0, 0.1) is 0 Å². The van der Waals surface area contributed by atoms with E-state index in [1.807, 2.05) is 264 Å². The van der Waals surface area contributed by atoms with Crippen LogP contribution in [0.5, 0.6) is 0 Å². The molecule has 0 radical (unpaired) electrons. The van der Waals surface area contributed by atoms with E-state index in [1.54, 1.807) is 105 Å². The minimum absolute atomic E-state index is 0.345. The van der Waals surface area contributed by atoms with Crippen molar-refractivity contribution in [3.05, 3.63) is 348 Å². The Labute approximate surface area is 773 Å². The maximum absolute atomic E-state index is 5.10. The summed E-state index contributed by atoms with van der Waals surface area (Å²) < 4.78 is 11.3. The Morgan fingerprint density at radius 1 is 0.152 bits per heavy atom. The number of fused-ring (bicyclic) bond motifs is 27. The van der Waals surface area contributed by atoms with Gasteiger partial charge in [-0.05, 0) is 182 Å². The largest absolute Gasteiger partial charge is 0.254 e. The van der Waals surface area contributed by atoms with Gasteiger partial charge in [0.25, 0.3) is 0 Å². The van der Waals surface area contributed by atoms with Crippen molar-refractivity contribution >= 4 is 198 Å². The van der Waals surface area contributed by atoms with Crippen molar-refractivity contribution in [1.82, 2.24) is 162 Å². The molecule has 0 aliphatic rings. The molecule has 0 saturated carbocycles. The fraction of sp³-hybridized carbons (Fsp3) is 0. The van der Waals surface area contributed by atoms with Crippen LogP contribution < -0.4 is 0 Å². The highest BCUT2D eigenvalue weighted by molar-refractivity contribution is 6.13. The fourth-order valence-electron chi connectivity index (χ4n) is 18.8. The van der Waals surface area contributed by atoms with Crippen LogP contribution in [0.2, 0.25) is 0 Å². The molecule has 138 heavy (non-hydrogen) atoms. The number of hydrogen-bond donors (Lipinski definition) is 0. The number of pyridine rings is 18.